The summed E-state index contributed by atoms with van der Waals surface area (Å²) in [4.78, 5) is 15.0. The predicted octanol–water partition coefficient (Wildman–Crippen LogP) is 3.47. The Morgan fingerprint density at radius 2 is 1.54 bits per heavy atom. The van der Waals surface area contributed by atoms with Crippen molar-refractivity contribution in [2.45, 2.75) is 26.3 Å². The van der Waals surface area contributed by atoms with E-state index in [0.717, 1.165) is 4.31 Å². The number of ether oxygens (including phenoxy) is 1. The molecule has 0 radical (unpaired) electrons. The van der Waals surface area contributed by atoms with Gasteiger partial charge < -0.3 is 9.64 Å². The number of sulfonamides is 1. The average Bonchev–Trinajstić information content (AvgIpc) is 2.86. The Balaban J connectivity index is 2.23. The second-order valence-corrected chi connectivity index (χ2v) is 9.27. The standard InChI is InChI=1S/C21H24N2O4S/c1-21(2,3)23-20(24)18(22(4)16-11-13-17(27-5)14-12-16)19(28(23,25)26)15-9-7-6-8-10-15/h6-14H,1-5H3. The van der Waals surface area contributed by atoms with Crippen LogP contribution in [-0.2, 0) is 14.8 Å². The molecule has 0 fully saturated rings. The molecule has 0 aliphatic carbocycles. The average molecular weight is 401 g/mol. The molecule has 0 N–H and O–H groups in total. The summed E-state index contributed by atoms with van der Waals surface area (Å²) in [6, 6.07) is 15.8. The molecule has 1 aliphatic heterocycles. The summed E-state index contributed by atoms with van der Waals surface area (Å²) in [5.41, 5.74) is 0.408. The first-order valence-corrected chi connectivity index (χ1v) is 10.3. The smallest absolute Gasteiger partial charge is 0.286 e. The molecule has 2 aromatic carbocycles. The van der Waals surface area contributed by atoms with Gasteiger partial charge in [-0.25, -0.2) is 12.7 Å². The third kappa shape index (κ3) is 3.26. The van der Waals surface area contributed by atoms with Crippen LogP contribution in [-0.4, -0.2) is 38.3 Å². The fraction of sp³-hybridized carbons (Fsp3) is 0.286. The lowest BCUT2D eigenvalue weighted by atomic mass is 10.1. The molecule has 6 nitrogen and oxygen atoms in total. The molecular weight excluding hydrogens is 376 g/mol. The van der Waals surface area contributed by atoms with E-state index in [2.05, 4.69) is 0 Å². The Labute approximate surface area is 166 Å². The third-order valence-corrected chi connectivity index (χ3v) is 6.68. The lowest BCUT2D eigenvalue weighted by Gasteiger charge is -2.31. The summed E-state index contributed by atoms with van der Waals surface area (Å²) in [7, 11) is -0.739. The van der Waals surface area contributed by atoms with E-state index in [0.29, 0.717) is 17.0 Å². The molecule has 148 valence electrons. The van der Waals surface area contributed by atoms with Gasteiger partial charge in [0, 0.05) is 12.7 Å². The van der Waals surface area contributed by atoms with E-state index in [9.17, 15) is 13.2 Å². The number of carbonyl (C=O) groups excluding carboxylic acids is 1. The Morgan fingerprint density at radius 1 is 0.964 bits per heavy atom. The highest BCUT2D eigenvalue weighted by Gasteiger charge is 2.50. The van der Waals surface area contributed by atoms with Crippen molar-refractivity contribution in [2.75, 3.05) is 19.1 Å². The van der Waals surface area contributed by atoms with E-state index in [1.165, 1.54) is 0 Å². The Kier molecular flexibility index (Phi) is 4.97. The van der Waals surface area contributed by atoms with Gasteiger partial charge in [-0.05, 0) is 50.6 Å². The summed E-state index contributed by atoms with van der Waals surface area (Å²) in [6.45, 7) is 5.13. The molecule has 1 heterocycles. The van der Waals surface area contributed by atoms with Crippen LogP contribution >= 0.6 is 0 Å². The molecule has 3 rings (SSSR count). The molecule has 0 spiro atoms. The highest BCUT2D eigenvalue weighted by molar-refractivity contribution is 7.99. The Morgan fingerprint density at radius 3 is 2.04 bits per heavy atom. The largest absolute Gasteiger partial charge is 0.497 e. The van der Waals surface area contributed by atoms with Gasteiger partial charge in [-0.1, -0.05) is 30.3 Å². The summed E-state index contributed by atoms with van der Waals surface area (Å²) in [5.74, 6) is 0.140. The van der Waals surface area contributed by atoms with E-state index >= 15 is 0 Å². The minimum Gasteiger partial charge on any atom is -0.497 e. The zero-order valence-electron chi connectivity index (χ0n) is 16.6. The number of carbonyl (C=O) groups is 1. The van der Waals surface area contributed by atoms with Crippen molar-refractivity contribution in [3.05, 3.63) is 65.9 Å². The predicted molar refractivity (Wildman–Crippen MR) is 110 cm³/mol. The number of hydrogen-bond donors (Lipinski definition) is 0. The van der Waals surface area contributed by atoms with Crippen LogP contribution in [0.2, 0.25) is 0 Å². The van der Waals surface area contributed by atoms with Gasteiger partial charge in [-0.3, -0.25) is 4.79 Å². The number of hydrogen-bond acceptors (Lipinski definition) is 5. The van der Waals surface area contributed by atoms with E-state index in [4.69, 9.17) is 4.74 Å². The number of amides is 1. The van der Waals surface area contributed by atoms with E-state index < -0.39 is 21.5 Å². The molecule has 0 saturated heterocycles. The molecule has 0 saturated carbocycles. The molecular formula is C21H24N2O4S. The first kappa shape index (κ1) is 19.9. The maximum absolute atomic E-state index is 13.4. The summed E-state index contributed by atoms with van der Waals surface area (Å²) < 4.78 is 32.9. The molecule has 0 aromatic heterocycles. The monoisotopic (exact) mass is 400 g/mol. The first-order valence-electron chi connectivity index (χ1n) is 8.86. The number of methoxy groups -OCH3 is 1. The van der Waals surface area contributed by atoms with Gasteiger partial charge in [-0.15, -0.1) is 0 Å². The van der Waals surface area contributed by atoms with Crippen LogP contribution in [0.1, 0.15) is 26.3 Å². The van der Waals surface area contributed by atoms with Crippen molar-refractivity contribution in [3.8, 4) is 5.75 Å². The SMILES string of the molecule is COc1ccc(N(C)C2=C(c3ccccc3)S(=O)(=O)N(C(C)(C)C)C2=O)cc1. The normalized spacial score (nSPS) is 16.5. The minimum atomic E-state index is -4.01. The van der Waals surface area contributed by atoms with E-state index in [-0.39, 0.29) is 10.6 Å². The maximum atomic E-state index is 13.4. The zero-order valence-corrected chi connectivity index (χ0v) is 17.4. The van der Waals surface area contributed by atoms with Crippen LogP contribution in [0.25, 0.3) is 4.91 Å². The van der Waals surface area contributed by atoms with Crippen molar-refractivity contribution in [3.63, 3.8) is 0 Å². The molecule has 0 bridgehead atoms. The fourth-order valence-electron chi connectivity index (χ4n) is 3.29. The summed E-state index contributed by atoms with van der Waals surface area (Å²) in [5, 5.41) is 0. The van der Waals surface area contributed by atoms with Crippen LogP contribution in [0.5, 0.6) is 5.75 Å². The highest BCUT2D eigenvalue weighted by Crippen LogP contribution is 2.41. The Bertz CT molecular complexity index is 1020. The molecule has 0 unspecified atom stereocenters. The van der Waals surface area contributed by atoms with Crippen molar-refractivity contribution in [2.24, 2.45) is 0 Å². The lowest BCUT2D eigenvalue weighted by Crippen LogP contribution is -2.46. The van der Waals surface area contributed by atoms with Gasteiger partial charge in [-0.2, -0.15) is 0 Å². The second-order valence-electron chi connectivity index (χ2n) is 7.55. The van der Waals surface area contributed by atoms with Gasteiger partial charge in [0.1, 0.15) is 16.4 Å². The number of nitrogens with zero attached hydrogens (tertiary/aromatic N) is 2. The van der Waals surface area contributed by atoms with Crippen molar-refractivity contribution in [1.82, 2.24) is 4.31 Å². The van der Waals surface area contributed by atoms with Crippen LogP contribution in [0, 0.1) is 0 Å². The van der Waals surface area contributed by atoms with Gasteiger partial charge in [0.25, 0.3) is 15.9 Å². The highest BCUT2D eigenvalue weighted by atomic mass is 32.2. The van der Waals surface area contributed by atoms with Gasteiger partial charge in [0.2, 0.25) is 0 Å². The third-order valence-electron chi connectivity index (χ3n) is 4.54. The van der Waals surface area contributed by atoms with Gasteiger partial charge in [0.15, 0.2) is 0 Å². The number of anilines is 1. The fourth-order valence-corrected chi connectivity index (χ4v) is 5.40. The number of benzene rings is 2. The maximum Gasteiger partial charge on any atom is 0.286 e. The minimum absolute atomic E-state index is 0.0198. The van der Waals surface area contributed by atoms with Crippen LogP contribution in [0.3, 0.4) is 0 Å². The number of rotatable bonds is 4. The van der Waals surface area contributed by atoms with Crippen molar-refractivity contribution in [1.29, 1.82) is 0 Å². The molecule has 7 heteroatoms. The molecule has 0 atom stereocenters. The van der Waals surface area contributed by atoms with Crippen LogP contribution in [0.15, 0.2) is 60.3 Å². The van der Waals surface area contributed by atoms with E-state index in [1.807, 2.05) is 6.07 Å². The zero-order chi connectivity index (χ0) is 20.7. The number of likely N-dealkylation sites (N-methyl/N-ethyl adjacent to an activating group) is 1. The van der Waals surface area contributed by atoms with Gasteiger partial charge >= 0.3 is 0 Å². The summed E-state index contributed by atoms with van der Waals surface area (Å²) >= 11 is 0. The molecule has 1 amide bonds. The Hall–Kier alpha value is -2.80. The topological polar surface area (TPSA) is 66.9 Å². The van der Waals surface area contributed by atoms with Crippen molar-refractivity contribution >= 4 is 26.5 Å². The second kappa shape index (κ2) is 6.98. The van der Waals surface area contributed by atoms with Gasteiger partial charge in [0.05, 0.1) is 12.6 Å². The quantitative estimate of drug-likeness (QED) is 0.786. The van der Waals surface area contributed by atoms with E-state index in [1.54, 1.807) is 88.4 Å². The lowest BCUT2D eigenvalue weighted by molar-refractivity contribution is -0.125. The first-order chi connectivity index (χ1) is 13.1. The van der Waals surface area contributed by atoms with Crippen LogP contribution < -0.4 is 9.64 Å². The molecule has 1 aliphatic rings. The van der Waals surface area contributed by atoms with Crippen LogP contribution in [0.4, 0.5) is 5.69 Å². The summed E-state index contributed by atoms with van der Waals surface area (Å²) in [6.07, 6.45) is 0. The molecule has 28 heavy (non-hydrogen) atoms. The molecule has 2 aromatic rings. The van der Waals surface area contributed by atoms with Crippen molar-refractivity contribution < 1.29 is 17.9 Å².